The van der Waals surface area contributed by atoms with Crippen molar-refractivity contribution in [3.05, 3.63) is 88.5 Å². The smallest absolute Gasteiger partial charge is 0.255 e. The second-order valence-corrected chi connectivity index (χ2v) is 17.0. The van der Waals surface area contributed by atoms with E-state index < -0.39 is 6.04 Å². The zero-order valence-corrected chi connectivity index (χ0v) is 31.6. The van der Waals surface area contributed by atoms with Crippen molar-refractivity contribution < 1.29 is 19.5 Å². The second kappa shape index (κ2) is 15.0. The number of carbonyl (C=O) groups excluding carboxylic acids is 3. The Morgan fingerprint density at radius 3 is 2.19 bits per heavy atom. The van der Waals surface area contributed by atoms with Crippen molar-refractivity contribution in [3.63, 3.8) is 0 Å². The van der Waals surface area contributed by atoms with E-state index in [9.17, 15) is 19.5 Å². The molecule has 3 saturated heterocycles. The molecule has 0 radical (unpaired) electrons. The molecule has 1 unspecified atom stereocenters. The zero-order valence-electron chi connectivity index (χ0n) is 31.6. The highest BCUT2D eigenvalue weighted by molar-refractivity contribution is 6.05. The van der Waals surface area contributed by atoms with Crippen LogP contribution in [-0.4, -0.2) is 84.5 Å². The molecule has 2 N–H and O–H groups in total. The number of hydrogen-bond donors (Lipinski definition) is 2. The van der Waals surface area contributed by atoms with Crippen LogP contribution in [0.5, 0.6) is 5.75 Å². The molecule has 4 heterocycles. The lowest BCUT2D eigenvalue weighted by molar-refractivity contribution is -0.136. The third-order valence-electron chi connectivity index (χ3n) is 13.9. The molecular formula is C45H55N5O4. The van der Waals surface area contributed by atoms with Crippen molar-refractivity contribution in [2.24, 2.45) is 17.8 Å². The number of rotatable bonds is 7. The maximum absolute atomic E-state index is 13.2. The maximum Gasteiger partial charge on any atom is 0.255 e. The fourth-order valence-electron chi connectivity index (χ4n) is 10.9. The lowest BCUT2D eigenvalue weighted by Crippen LogP contribution is -2.52. The van der Waals surface area contributed by atoms with Crippen molar-refractivity contribution in [2.45, 2.75) is 89.1 Å². The van der Waals surface area contributed by atoms with Crippen LogP contribution in [0.4, 0.5) is 11.4 Å². The Balaban J connectivity index is 0.773. The average Bonchev–Trinajstić information content (AvgIpc) is 3.53. The van der Waals surface area contributed by atoms with Crippen LogP contribution in [0.25, 0.3) is 0 Å². The monoisotopic (exact) mass is 729 g/mol. The van der Waals surface area contributed by atoms with Crippen LogP contribution in [-0.2, 0) is 22.6 Å². The first-order valence-corrected chi connectivity index (χ1v) is 20.8. The Bertz CT molecular complexity index is 1870. The van der Waals surface area contributed by atoms with Gasteiger partial charge in [0.15, 0.2) is 0 Å². The summed E-state index contributed by atoms with van der Waals surface area (Å²) < 4.78 is 0. The van der Waals surface area contributed by atoms with Gasteiger partial charge in [-0.1, -0.05) is 50.3 Å². The molecule has 2 aliphatic carbocycles. The van der Waals surface area contributed by atoms with Crippen molar-refractivity contribution in [1.82, 2.24) is 15.1 Å². The summed E-state index contributed by atoms with van der Waals surface area (Å²) in [5, 5.41) is 12.6. The minimum absolute atomic E-state index is 0.116. The molecule has 6 aliphatic rings. The fourth-order valence-corrected chi connectivity index (χ4v) is 10.9. The van der Waals surface area contributed by atoms with Gasteiger partial charge in [-0.15, -0.1) is 0 Å². The molecule has 4 aliphatic heterocycles. The molecule has 3 aromatic carbocycles. The first-order valence-electron chi connectivity index (χ1n) is 20.8. The van der Waals surface area contributed by atoms with E-state index in [4.69, 9.17) is 0 Å². The number of imide groups is 1. The second-order valence-electron chi connectivity index (χ2n) is 17.0. The van der Waals surface area contributed by atoms with E-state index in [0.717, 1.165) is 69.4 Å². The van der Waals surface area contributed by atoms with Crippen LogP contribution < -0.4 is 15.1 Å². The molecule has 9 nitrogen and oxygen atoms in total. The van der Waals surface area contributed by atoms with Crippen LogP contribution in [0.2, 0.25) is 0 Å². The van der Waals surface area contributed by atoms with E-state index in [1.165, 1.54) is 73.7 Å². The number of carbonyl (C=O) groups is 3. The molecule has 0 spiro atoms. The van der Waals surface area contributed by atoms with Crippen LogP contribution in [0.15, 0.2) is 60.7 Å². The Labute approximate surface area is 319 Å². The number of amides is 3. The summed E-state index contributed by atoms with van der Waals surface area (Å²) in [4.78, 5) is 46.5. The Morgan fingerprint density at radius 2 is 1.43 bits per heavy atom. The number of fused-ring (bicyclic) bond motifs is 2. The highest BCUT2D eigenvalue weighted by Gasteiger charge is 2.40. The Hall–Kier alpha value is -4.37. The number of piperidine rings is 2. The molecule has 4 fully saturated rings. The molecule has 284 valence electrons. The Kier molecular flexibility index (Phi) is 9.85. The Morgan fingerprint density at radius 1 is 0.685 bits per heavy atom. The lowest BCUT2D eigenvalue weighted by Gasteiger charge is -2.41. The largest absolute Gasteiger partial charge is 0.508 e. The predicted molar refractivity (Wildman–Crippen MR) is 211 cm³/mol. The third kappa shape index (κ3) is 7.00. The van der Waals surface area contributed by atoms with Gasteiger partial charge >= 0.3 is 0 Å². The molecule has 3 amide bonds. The topological polar surface area (TPSA) is 96.4 Å². The first kappa shape index (κ1) is 35.3. The van der Waals surface area contributed by atoms with Crippen LogP contribution in [0, 0.1) is 17.8 Å². The highest BCUT2D eigenvalue weighted by atomic mass is 16.3. The van der Waals surface area contributed by atoms with Crippen molar-refractivity contribution in [2.75, 3.05) is 55.6 Å². The predicted octanol–water partition coefficient (Wildman–Crippen LogP) is 6.47. The molecule has 54 heavy (non-hydrogen) atoms. The van der Waals surface area contributed by atoms with Crippen LogP contribution in [0.3, 0.4) is 0 Å². The number of aromatic hydroxyl groups is 1. The van der Waals surface area contributed by atoms with E-state index in [2.05, 4.69) is 62.5 Å². The molecule has 0 bridgehead atoms. The number of nitrogens with zero attached hydrogens (tertiary/aromatic N) is 4. The first-order chi connectivity index (χ1) is 26.4. The van der Waals surface area contributed by atoms with E-state index in [1.54, 1.807) is 4.90 Å². The van der Waals surface area contributed by atoms with Gasteiger partial charge in [0, 0.05) is 81.6 Å². The summed E-state index contributed by atoms with van der Waals surface area (Å²) >= 11 is 0. The van der Waals surface area contributed by atoms with Gasteiger partial charge in [0.05, 0.1) is 0 Å². The summed E-state index contributed by atoms with van der Waals surface area (Å²) in [6.45, 7) is 7.76. The van der Waals surface area contributed by atoms with E-state index >= 15 is 0 Å². The number of aryl methyl sites for hydroxylation is 1. The van der Waals surface area contributed by atoms with Crippen LogP contribution >= 0.6 is 0 Å². The number of hydrogen-bond acceptors (Lipinski definition) is 7. The van der Waals surface area contributed by atoms with Gasteiger partial charge in [-0.25, -0.2) is 0 Å². The summed E-state index contributed by atoms with van der Waals surface area (Å²) in [7, 11) is 0. The highest BCUT2D eigenvalue weighted by Crippen LogP contribution is 2.48. The molecule has 3 atom stereocenters. The standard InChI is InChI=1S/C45H55N5O4/c51-37-12-15-39-33(27-37)8-13-38(31-4-2-1-3-5-31)43(39)32-6-9-35(10-7-32)48-20-18-30(19-21-48)28-47-22-24-49(25-23-47)36-11-14-40-34(26-36)29-50(45(40)54)41-16-17-42(52)46-44(41)53/h6-7,9-12,14-15,26-27,30-31,38,41,43,51H,1-5,8,13,16-25,28-29H2,(H,46,52,53)/t38-,41?,43+/m1/s1. The zero-order chi connectivity index (χ0) is 36.8. The van der Waals surface area contributed by atoms with Gasteiger partial charge in [-0.2, -0.15) is 0 Å². The summed E-state index contributed by atoms with van der Waals surface area (Å²) in [5.41, 5.74) is 8.34. The van der Waals surface area contributed by atoms with Crippen molar-refractivity contribution >= 4 is 29.1 Å². The molecule has 9 rings (SSSR count). The molecule has 1 saturated carbocycles. The van der Waals surface area contributed by atoms with Crippen molar-refractivity contribution in [3.8, 4) is 5.75 Å². The van der Waals surface area contributed by atoms with Crippen LogP contribution in [0.1, 0.15) is 103 Å². The molecule has 3 aromatic rings. The minimum Gasteiger partial charge on any atom is -0.508 e. The van der Waals surface area contributed by atoms with E-state index in [1.807, 2.05) is 18.2 Å². The van der Waals surface area contributed by atoms with Gasteiger partial charge in [-0.05, 0) is 115 Å². The van der Waals surface area contributed by atoms with Gasteiger partial charge in [-0.3, -0.25) is 24.6 Å². The quantitative estimate of drug-likeness (QED) is 0.270. The van der Waals surface area contributed by atoms with Gasteiger partial charge in [0.1, 0.15) is 11.8 Å². The number of nitrogens with one attached hydrogen (secondary N) is 1. The van der Waals surface area contributed by atoms with Gasteiger partial charge in [0.2, 0.25) is 11.8 Å². The fraction of sp³-hybridized carbons (Fsp3) is 0.533. The maximum atomic E-state index is 13.2. The van der Waals surface area contributed by atoms with E-state index in [0.29, 0.717) is 42.0 Å². The average molecular weight is 730 g/mol. The minimum atomic E-state index is -0.580. The summed E-state index contributed by atoms with van der Waals surface area (Å²) in [6, 6.07) is 21.2. The van der Waals surface area contributed by atoms with Gasteiger partial charge in [0.25, 0.3) is 5.91 Å². The van der Waals surface area contributed by atoms with Gasteiger partial charge < -0.3 is 19.8 Å². The molecule has 0 aromatic heterocycles. The number of piperazine rings is 1. The number of phenols is 1. The number of phenolic OH excluding ortho intramolecular Hbond substituents is 1. The molecule has 9 heteroatoms. The number of benzene rings is 3. The molecular weight excluding hydrogens is 675 g/mol. The third-order valence-corrected chi connectivity index (χ3v) is 13.9. The lowest BCUT2D eigenvalue weighted by atomic mass is 9.64. The van der Waals surface area contributed by atoms with Crippen molar-refractivity contribution in [1.29, 1.82) is 0 Å². The van der Waals surface area contributed by atoms with E-state index in [-0.39, 0.29) is 24.1 Å². The number of anilines is 2. The summed E-state index contributed by atoms with van der Waals surface area (Å²) in [5.74, 6) is 2.26. The SMILES string of the molecule is O=C1CCC(N2Cc3cc(N4CCN(CC5CCN(c6ccc([C@@H]7c8ccc(O)cc8CC[C@@H]7C7CCCCC7)cc6)CC5)CC4)ccc3C2=O)C(=O)N1. The summed E-state index contributed by atoms with van der Waals surface area (Å²) in [6.07, 6.45) is 12.2. The normalized spacial score (nSPS) is 25.8.